The Morgan fingerprint density at radius 1 is 1.31 bits per heavy atom. The van der Waals surface area contributed by atoms with E-state index in [9.17, 15) is 18.3 Å². The molecule has 1 aromatic rings. The van der Waals surface area contributed by atoms with Crippen LogP contribution in [0.3, 0.4) is 0 Å². The van der Waals surface area contributed by atoms with Crippen LogP contribution in [0, 0.1) is 0 Å². The molecule has 2 rings (SSSR count). The van der Waals surface area contributed by atoms with E-state index >= 15 is 0 Å². The number of rotatable bonds is 0. The van der Waals surface area contributed by atoms with E-state index in [-0.39, 0.29) is 17.9 Å². The Kier molecular flexibility index (Phi) is 2.27. The van der Waals surface area contributed by atoms with E-state index in [1.165, 1.54) is 18.2 Å². The van der Waals surface area contributed by atoms with Crippen LogP contribution >= 0.6 is 0 Å². The van der Waals surface area contributed by atoms with Crippen molar-refractivity contribution in [3.63, 3.8) is 0 Å². The molecule has 0 spiro atoms. The van der Waals surface area contributed by atoms with Gasteiger partial charge in [0.25, 0.3) is 0 Å². The van der Waals surface area contributed by atoms with Gasteiger partial charge in [0.15, 0.2) is 0 Å². The molecule has 6 heteroatoms. The number of ether oxygens (including phenoxy) is 1. The number of aromatic hydroxyl groups is 1. The first-order valence-electron chi connectivity index (χ1n) is 4.62. The van der Waals surface area contributed by atoms with Gasteiger partial charge in [-0.15, -0.1) is 0 Å². The predicted molar refractivity (Wildman–Crippen MR) is 48.1 cm³/mol. The summed E-state index contributed by atoms with van der Waals surface area (Å²) in [4.78, 5) is 0. The van der Waals surface area contributed by atoms with E-state index in [1.807, 2.05) is 0 Å². The number of halogens is 3. The molecule has 1 aliphatic rings. The van der Waals surface area contributed by atoms with Gasteiger partial charge in [0.2, 0.25) is 0 Å². The van der Waals surface area contributed by atoms with Gasteiger partial charge in [0.05, 0.1) is 0 Å². The summed E-state index contributed by atoms with van der Waals surface area (Å²) in [5, 5.41) is 18.5. The van der Waals surface area contributed by atoms with Crippen LogP contribution in [0.4, 0.5) is 13.2 Å². The minimum Gasteiger partial charge on any atom is -0.508 e. The van der Waals surface area contributed by atoms with Gasteiger partial charge in [-0.05, 0) is 30.2 Å². The number of alkyl halides is 3. The van der Waals surface area contributed by atoms with Crippen molar-refractivity contribution in [2.75, 3.05) is 0 Å². The molecule has 1 heterocycles. The lowest BCUT2D eigenvalue weighted by Gasteiger charge is -2.35. The maximum absolute atomic E-state index is 12.5. The van der Waals surface area contributed by atoms with Gasteiger partial charge >= 0.3 is 12.0 Å². The Morgan fingerprint density at radius 3 is 2.62 bits per heavy atom. The summed E-state index contributed by atoms with van der Waals surface area (Å²) in [6.07, 6.45) is -5.41. The molecule has 3 nitrogen and oxygen atoms in total. The molecule has 1 unspecified atom stereocenters. The fourth-order valence-electron chi connectivity index (χ4n) is 1.60. The van der Waals surface area contributed by atoms with Gasteiger partial charge in [-0.3, -0.25) is 0 Å². The third kappa shape index (κ3) is 1.69. The molecule has 0 saturated heterocycles. The summed E-state index contributed by atoms with van der Waals surface area (Å²) >= 11 is 0. The van der Waals surface area contributed by atoms with E-state index in [4.69, 9.17) is 5.11 Å². The van der Waals surface area contributed by atoms with Crippen molar-refractivity contribution in [2.45, 2.75) is 24.8 Å². The van der Waals surface area contributed by atoms with E-state index in [1.54, 1.807) is 0 Å². The average Bonchev–Trinajstić information content (AvgIpc) is 2.17. The number of hydrogen-bond donors (Lipinski definition) is 2. The molecule has 2 N–H and O–H groups in total. The molecule has 0 bridgehead atoms. The third-order valence-corrected chi connectivity index (χ3v) is 2.50. The minimum absolute atomic E-state index is 0.000255. The lowest BCUT2D eigenvalue weighted by molar-refractivity contribution is -0.340. The van der Waals surface area contributed by atoms with Crippen LogP contribution in [0.1, 0.15) is 12.0 Å². The maximum Gasteiger partial charge on any atom is 0.455 e. The highest BCUT2D eigenvalue weighted by Crippen LogP contribution is 2.41. The summed E-state index contributed by atoms with van der Waals surface area (Å²) in [5.41, 5.74) is 0.453. The molecule has 0 radical (unpaired) electrons. The molecule has 0 aliphatic carbocycles. The molecule has 0 fully saturated rings. The van der Waals surface area contributed by atoms with Crippen molar-refractivity contribution in [3.8, 4) is 11.5 Å². The Hall–Kier alpha value is -1.43. The van der Waals surface area contributed by atoms with E-state index in [0.717, 1.165) is 0 Å². The highest BCUT2D eigenvalue weighted by molar-refractivity contribution is 5.41. The topological polar surface area (TPSA) is 49.7 Å². The first kappa shape index (κ1) is 11.1. The monoisotopic (exact) mass is 234 g/mol. The molecular weight excluding hydrogens is 225 g/mol. The quantitative estimate of drug-likeness (QED) is 0.721. The average molecular weight is 234 g/mol. The molecule has 1 aromatic carbocycles. The van der Waals surface area contributed by atoms with Crippen molar-refractivity contribution in [1.29, 1.82) is 0 Å². The predicted octanol–water partition coefficient (Wildman–Crippen LogP) is 1.97. The van der Waals surface area contributed by atoms with Crippen LogP contribution in [0.25, 0.3) is 0 Å². The minimum atomic E-state index is -4.83. The molecule has 0 saturated carbocycles. The van der Waals surface area contributed by atoms with Gasteiger partial charge < -0.3 is 14.9 Å². The van der Waals surface area contributed by atoms with E-state index in [0.29, 0.717) is 5.56 Å². The van der Waals surface area contributed by atoms with Crippen LogP contribution in [0.15, 0.2) is 18.2 Å². The zero-order valence-corrected chi connectivity index (χ0v) is 8.08. The summed E-state index contributed by atoms with van der Waals surface area (Å²) in [6.45, 7) is 0. The first-order valence-corrected chi connectivity index (χ1v) is 4.62. The van der Waals surface area contributed by atoms with Gasteiger partial charge in [-0.2, -0.15) is 13.2 Å². The van der Waals surface area contributed by atoms with E-state index < -0.39 is 18.4 Å². The molecule has 0 aromatic heterocycles. The molecule has 0 amide bonds. The highest BCUT2D eigenvalue weighted by Gasteiger charge is 2.57. The second kappa shape index (κ2) is 3.28. The number of fused-ring (bicyclic) bond motifs is 1. The van der Waals surface area contributed by atoms with Crippen molar-refractivity contribution < 1.29 is 28.1 Å². The number of benzene rings is 1. The maximum atomic E-state index is 12.5. The van der Waals surface area contributed by atoms with Gasteiger partial charge in [-0.1, -0.05) is 0 Å². The van der Waals surface area contributed by atoms with Crippen molar-refractivity contribution >= 4 is 0 Å². The highest BCUT2D eigenvalue weighted by atomic mass is 19.4. The fourth-order valence-corrected chi connectivity index (χ4v) is 1.60. The summed E-state index contributed by atoms with van der Waals surface area (Å²) in [6, 6.07) is 3.74. The number of aliphatic hydroxyl groups is 1. The lowest BCUT2D eigenvalue weighted by atomic mass is 9.99. The summed E-state index contributed by atoms with van der Waals surface area (Å²) in [7, 11) is 0. The zero-order valence-electron chi connectivity index (χ0n) is 8.08. The van der Waals surface area contributed by atoms with Crippen molar-refractivity contribution in [2.24, 2.45) is 0 Å². The number of aryl methyl sites for hydroxylation is 1. The van der Waals surface area contributed by atoms with Crippen molar-refractivity contribution in [3.05, 3.63) is 23.8 Å². The smallest absolute Gasteiger partial charge is 0.455 e. The number of phenolic OH excluding ortho intramolecular Hbond substituents is 1. The normalized spacial score (nSPS) is 24.8. The Balaban J connectivity index is 2.34. The van der Waals surface area contributed by atoms with Crippen LogP contribution in [-0.2, 0) is 6.42 Å². The summed E-state index contributed by atoms with van der Waals surface area (Å²) < 4.78 is 42.0. The second-order valence-electron chi connectivity index (χ2n) is 3.68. The fraction of sp³-hybridized carbons (Fsp3) is 0.400. The van der Waals surface area contributed by atoms with E-state index in [2.05, 4.69) is 4.74 Å². The molecular formula is C10H9F3O3. The first-order chi connectivity index (χ1) is 7.32. The van der Waals surface area contributed by atoms with Crippen molar-refractivity contribution in [1.82, 2.24) is 0 Å². The third-order valence-electron chi connectivity index (χ3n) is 2.50. The molecule has 1 aliphatic heterocycles. The van der Waals surface area contributed by atoms with Crippen LogP contribution in [0.2, 0.25) is 0 Å². The zero-order chi connectivity index (χ0) is 12.0. The molecule has 16 heavy (non-hydrogen) atoms. The standard InChI is InChI=1S/C10H9F3O3/c11-10(12,13)9(15)4-3-6-5-7(14)1-2-8(6)16-9/h1-2,5,14-15H,3-4H2. The van der Waals surface area contributed by atoms with Crippen LogP contribution in [0.5, 0.6) is 11.5 Å². The lowest BCUT2D eigenvalue weighted by Crippen LogP contribution is -2.52. The second-order valence-corrected chi connectivity index (χ2v) is 3.68. The Bertz CT molecular complexity index is 416. The Labute approximate surface area is 89.1 Å². The number of hydrogen-bond acceptors (Lipinski definition) is 3. The van der Waals surface area contributed by atoms with Gasteiger partial charge in [-0.25, -0.2) is 0 Å². The van der Waals surface area contributed by atoms with Crippen LogP contribution < -0.4 is 4.74 Å². The van der Waals surface area contributed by atoms with Crippen LogP contribution in [-0.4, -0.2) is 22.2 Å². The van der Waals surface area contributed by atoms with Gasteiger partial charge in [0.1, 0.15) is 11.5 Å². The largest absolute Gasteiger partial charge is 0.508 e. The SMILES string of the molecule is Oc1ccc2c(c1)CCC(O)(C(F)(F)F)O2. The van der Waals surface area contributed by atoms with Gasteiger partial charge in [0, 0.05) is 6.42 Å². The number of phenols is 1. The molecule has 88 valence electrons. The Morgan fingerprint density at radius 2 is 2.00 bits per heavy atom. The summed E-state index contributed by atoms with van der Waals surface area (Å²) in [5.74, 6) is -3.22. The molecule has 1 atom stereocenters.